The molecule has 0 radical (unpaired) electrons. The number of halogens is 1. The Morgan fingerprint density at radius 1 is 1.13 bits per heavy atom. The van der Waals surface area contributed by atoms with Crippen molar-refractivity contribution in [2.75, 3.05) is 18.5 Å². The maximum absolute atomic E-state index is 13.5. The van der Waals surface area contributed by atoms with Gasteiger partial charge in [-0.1, -0.05) is 25.1 Å². The van der Waals surface area contributed by atoms with Gasteiger partial charge < -0.3 is 14.8 Å². The molecular weight excluding hydrogens is 297 g/mol. The first kappa shape index (κ1) is 16.8. The Labute approximate surface area is 135 Å². The van der Waals surface area contributed by atoms with Crippen LogP contribution in [0.5, 0.6) is 11.5 Å². The molecule has 2 rings (SSSR count). The van der Waals surface area contributed by atoms with E-state index in [2.05, 4.69) is 5.32 Å². The van der Waals surface area contributed by atoms with Crippen LogP contribution in [0.3, 0.4) is 0 Å². The number of benzene rings is 2. The number of para-hydroxylation sites is 2. The highest BCUT2D eigenvalue weighted by atomic mass is 19.1. The summed E-state index contributed by atoms with van der Waals surface area (Å²) in [4.78, 5) is 11.9. The summed E-state index contributed by atoms with van der Waals surface area (Å²) in [5, 5.41) is 2.60. The Kier molecular flexibility index (Phi) is 5.97. The molecule has 0 aliphatic carbocycles. The van der Waals surface area contributed by atoms with Gasteiger partial charge in [-0.2, -0.15) is 0 Å². The minimum absolute atomic E-state index is 0.179. The van der Waals surface area contributed by atoms with Gasteiger partial charge in [-0.15, -0.1) is 0 Å². The number of amides is 1. The fraction of sp³-hybridized carbons (Fsp3) is 0.278. The number of rotatable bonds is 7. The first-order chi connectivity index (χ1) is 11.1. The highest BCUT2D eigenvalue weighted by Gasteiger charge is 2.08. The summed E-state index contributed by atoms with van der Waals surface area (Å²) in [6, 6.07) is 11.7. The van der Waals surface area contributed by atoms with E-state index in [0.29, 0.717) is 29.4 Å². The van der Waals surface area contributed by atoms with Gasteiger partial charge in [0.1, 0.15) is 5.82 Å². The zero-order valence-corrected chi connectivity index (χ0v) is 13.3. The van der Waals surface area contributed by atoms with Crippen molar-refractivity contribution < 1.29 is 18.7 Å². The van der Waals surface area contributed by atoms with Crippen LogP contribution >= 0.6 is 0 Å². The van der Waals surface area contributed by atoms with Gasteiger partial charge in [-0.25, -0.2) is 4.39 Å². The molecule has 0 atom stereocenters. The van der Waals surface area contributed by atoms with E-state index in [1.165, 1.54) is 6.07 Å². The zero-order valence-electron chi connectivity index (χ0n) is 13.3. The third-order valence-electron chi connectivity index (χ3n) is 3.13. The average molecular weight is 317 g/mol. The van der Waals surface area contributed by atoms with Gasteiger partial charge >= 0.3 is 0 Å². The molecule has 122 valence electrons. The average Bonchev–Trinajstić information content (AvgIpc) is 2.55. The van der Waals surface area contributed by atoms with E-state index < -0.39 is 0 Å². The van der Waals surface area contributed by atoms with Crippen molar-refractivity contribution in [3.8, 4) is 11.5 Å². The molecule has 0 aromatic heterocycles. The summed E-state index contributed by atoms with van der Waals surface area (Å²) >= 11 is 0. The molecule has 0 aliphatic heterocycles. The Bertz CT molecular complexity index is 673. The van der Waals surface area contributed by atoms with E-state index >= 15 is 0 Å². The monoisotopic (exact) mass is 317 g/mol. The lowest BCUT2D eigenvalue weighted by Gasteiger charge is -2.12. The Morgan fingerprint density at radius 3 is 2.48 bits per heavy atom. The maximum atomic E-state index is 13.5. The highest BCUT2D eigenvalue weighted by Crippen LogP contribution is 2.26. The quantitative estimate of drug-likeness (QED) is 0.841. The summed E-state index contributed by atoms with van der Waals surface area (Å²) in [6.07, 6.45) is 0.883. The van der Waals surface area contributed by atoms with Gasteiger partial charge in [0.15, 0.2) is 18.1 Å². The van der Waals surface area contributed by atoms with E-state index in [-0.39, 0.29) is 18.3 Å². The predicted molar refractivity (Wildman–Crippen MR) is 87.5 cm³/mol. The maximum Gasteiger partial charge on any atom is 0.262 e. The lowest BCUT2D eigenvalue weighted by Crippen LogP contribution is -2.20. The molecular formula is C18H20FNO3. The standard InChI is InChI=1S/C18H20FNO3/c1-3-10-22-16-6-4-5-7-17(16)23-12-18(21)20-14-9-8-13(2)15(19)11-14/h4-9,11H,3,10,12H2,1-2H3,(H,20,21). The predicted octanol–water partition coefficient (Wildman–Crippen LogP) is 3.94. The summed E-state index contributed by atoms with van der Waals surface area (Å²) in [5.74, 6) is 0.385. The molecule has 4 nitrogen and oxygen atoms in total. The molecule has 0 fully saturated rings. The van der Waals surface area contributed by atoms with E-state index in [1.807, 2.05) is 13.0 Å². The molecule has 5 heteroatoms. The largest absolute Gasteiger partial charge is 0.490 e. The van der Waals surface area contributed by atoms with Crippen molar-refractivity contribution in [2.24, 2.45) is 0 Å². The molecule has 0 unspecified atom stereocenters. The number of hydrogen-bond acceptors (Lipinski definition) is 3. The fourth-order valence-electron chi connectivity index (χ4n) is 1.91. The molecule has 2 aromatic rings. The van der Waals surface area contributed by atoms with Gasteiger partial charge in [-0.3, -0.25) is 4.79 Å². The Morgan fingerprint density at radius 2 is 1.83 bits per heavy atom. The topological polar surface area (TPSA) is 47.6 Å². The van der Waals surface area contributed by atoms with Crippen LogP contribution in [0.2, 0.25) is 0 Å². The van der Waals surface area contributed by atoms with Crippen molar-refractivity contribution >= 4 is 11.6 Å². The van der Waals surface area contributed by atoms with E-state index in [9.17, 15) is 9.18 Å². The SMILES string of the molecule is CCCOc1ccccc1OCC(=O)Nc1ccc(C)c(F)c1. The van der Waals surface area contributed by atoms with Gasteiger partial charge in [0.2, 0.25) is 0 Å². The Balaban J connectivity index is 1.92. The van der Waals surface area contributed by atoms with Gasteiger partial charge in [-0.05, 0) is 43.2 Å². The molecule has 0 aliphatic rings. The first-order valence-corrected chi connectivity index (χ1v) is 7.50. The lowest BCUT2D eigenvalue weighted by molar-refractivity contribution is -0.118. The molecule has 0 heterocycles. The summed E-state index contributed by atoms with van der Waals surface area (Å²) in [6.45, 7) is 4.08. The van der Waals surface area contributed by atoms with Crippen LogP contribution in [0.4, 0.5) is 10.1 Å². The smallest absolute Gasteiger partial charge is 0.262 e. The highest BCUT2D eigenvalue weighted by molar-refractivity contribution is 5.91. The van der Waals surface area contributed by atoms with Gasteiger partial charge in [0, 0.05) is 5.69 Å². The zero-order chi connectivity index (χ0) is 16.7. The molecule has 1 amide bonds. The molecule has 1 N–H and O–H groups in total. The van der Waals surface area contributed by atoms with Crippen LogP contribution < -0.4 is 14.8 Å². The summed E-state index contributed by atoms with van der Waals surface area (Å²) < 4.78 is 24.5. The second-order valence-electron chi connectivity index (χ2n) is 5.10. The number of anilines is 1. The van der Waals surface area contributed by atoms with E-state index in [1.54, 1.807) is 37.3 Å². The summed E-state index contributed by atoms with van der Waals surface area (Å²) in [5.41, 5.74) is 0.929. The van der Waals surface area contributed by atoms with Crippen molar-refractivity contribution in [1.29, 1.82) is 0 Å². The van der Waals surface area contributed by atoms with Crippen LogP contribution in [0.15, 0.2) is 42.5 Å². The number of ether oxygens (including phenoxy) is 2. The van der Waals surface area contributed by atoms with Crippen molar-refractivity contribution in [2.45, 2.75) is 20.3 Å². The normalized spacial score (nSPS) is 10.2. The van der Waals surface area contributed by atoms with Gasteiger partial charge in [0.25, 0.3) is 5.91 Å². The second-order valence-corrected chi connectivity index (χ2v) is 5.10. The van der Waals surface area contributed by atoms with E-state index in [0.717, 1.165) is 6.42 Å². The van der Waals surface area contributed by atoms with Crippen molar-refractivity contribution in [3.63, 3.8) is 0 Å². The fourth-order valence-corrected chi connectivity index (χ4v) is 1.91. The lowest BCUT2D eigenvalue weighted by atomic mass is 10.2. The number of carbonyl (C=O) groups excluding carboxylic acids is 1. The molecule has 0 saturated heterocycles. The van der Waals surface area contributed by atoms with Crippen molar-refractivity contribution in [1.82, 2.24) is 0 Å². The van der Waals surface area contributed by atoms with Crippen LogP contribution in [0.1, 0.15) is 18.9 Å². The first-order valence-electron chi connectivity index (χ1n) is 7.50. The second kappa shape index (κ2) is 8.17. The van der Waals surface area contributed by atoms with Crippen LogP contribution in [-0.4, -0.2) is 19.1 Å². The molecule has 0 saturated carbocycles. The number of hydrogen-bond donors (Lipinski definition) is 1. The number of aryl methyl sites for hydroxylation is 1. The minimum Gasteiger partial charge on any atom is -0.490 e. The van der Waals surface area contributed by atoms with Gasteiger partial charge in [0.05, 0.1) is 6.61 Å². The number of carbonyl (C=O) groups is 1. The third-order valence-corrected chi connectivity index (χ3v) is 3.13. The molecule has 0 spiro atoms. The van der Waals surface area contributed by atoms with Crippen LogP contribution in [0.25, 0.3) is 0 Å². The van der Waals surface area contributed by atoms with E-state index in [4.69, 9.17) is 9.47 Å². The van der Waals surface area contributed by atoms with Crippen molar-refractivity contribution in [3.05, 3.63) is 53.8 Å². The molecule has 23 heavy (non-hydrogen) atoms. The molecule has 2 aromatic carbocycles. The van der Waals surface area contributed by atoms with Crippen LogP contribution in [0, 0.1) is 12.7 Å². The minimum atomic E-state index is -0.362. The molecule has 0 bridgehead atoms. The third kappa shape index (κ3) is 4.98. The Hall–Kier alpha value is -2.56. The van der Waals surface area contributed by atoms with Crippen LogP contribution in [-0.2, 0) is 4.79 Å². The number of nitrogens with one attached hydrogen (secondary N) is 1. The summed E-state index contributed by atoms with van der Waals surface area (Å²) in [7, 11) is 0.